The molecule has 3 aromatic rings. The van der Waals surface area contributed by atoms with Crippen LogP contribution < -0.4 is 15.3 Å². The molecule has 2 aliphatic rings. The number of carbonyl (C=O) groups is 1. The molecule has 6 nitrogen and oxygen atoms in total. The van der Waals surface area contributed by atoms with Crippen LogP contribution in [0.1, 0.15) is 40.4 Å². The third kappa shape index (κ3) is 2.87. The second kappa shape index (κ2) is 6.95. The fourth-order valence-corrected chi connectivity index (χ4v) is 4.34. The minimum atomic E-state index is -0.365. The van der Waals surface area contributed by atoms with Gasteiger partial charge in [-0.1, -0.05) is 12.1 Å². The molecule has 0 saturated carbocycles. The Bertz CT molecular complexity index is 1180. The molecular formula is C23H21NO5. The quantitative estimate of drug-likeness (QED) is 0.499. The van der Waals surface area contributed by atoms with E-state index in [0.717, 1.165) is 47.0 Å². The van der Waals surface area contributed by atoms with E-state index in [-0.39, 0.29) is 11.6 Å². The van der Waals surface area contributed by atoms with Gasteiger partial charge in [0.2, 0.25) is 0 Å². The van der Waals surface area contributed by atoms with E-state index in [9.17, 15) is 9.59 Å². The van der Waals surface area contributed by atoms with Crippen molar-refractivity contribution >= 4 is 22.6 Å². The molecule has 0 saturated heterocycles. The molecule has 0 bridgehead atoms. The summed E-state index contributed by atoms with van der Waals surface area (Å²) >= 11 is 0. The average Bonchev–Trinajstić information content (AvgIpc) is 3.24. The number of hydrogen-bond acceptors (Lipinski definition) is 6. The van der Waals surface area contributed by atoms with Gasteiger partial charge in [-0.25, -0.2) is 9.59 Å². The summed E-state index contributed by atoms with van der Waals surface area (Å²) in [5.74, 6) is 0.347. The van der Waals surface area contributed by atoms with E-state index < -0.39 is 0 Å². The fourth-order valence-electron chi connectivity index (χ4n) is 4.34. The Morgan fingerprint density at radius 2 is 1.93 bits per heavy atom. The van der Waals surface area contributed by atoms with E-state index in [4.69, 9.17) is 13.9 Å². The first-order valence-electron chi connectivity index (χ1n) is 9.91. The third-order valence-electron chi connectivity index (χ3n) is 5.67. The highest BCUT2D eigenvalue weighted by atomic mass is 16.5. The summed E-state index contributed by atoms with van der Waals surface area (Å²) < 4.78 is 16.9. The molecule has 148 valence electrons. The van der Waals surface area contributed by atoms with Gasteiger partial charge in [0.25, 0.3) is 0 Å². The van der Waals surface area contributed by atoms with Crippen LogP contribution in [0, 0.1) is 0 Å². The number of para-hydroxylation sites is 1. The number of fused-ring (bicyclic) bond motifs is 5. The van der Waals surface area contributed by atoms with Crippen molar-refractivity contribution < 1.29 is 18.7 Å². The molecule has 0 spiro atoms. The summed E-state index contributed by atoms with van der Waals surface area (Å²) in [5, 5.41) is 0.986. The van der Waals surface area contributed by atoms with Crippen molar-refractivity contribution in [3.8, 4) is 5.75 Å². The number of ether oxygens (including phenoxy) is 2. The van der Waals surface area contributed by atoms with Crippen LogP contribution in [-0.4, -0.2) is 19.3 Å². The highest BCUT2D eigenvalue weighted by molar-refractivity contribution is 5.96. The highest BCUT2D eigenvalue weighted by Crippen LogP contribution is 2.37. The molecule has 5 rings (SSSR count). The maximum Gasteiger partial charge on any atom is 0.340 e. The Labute approximate surface area is 167 Å². The van der Waals surface area contributed by atoms with Crippen molar-refractivity contribution in [3.63, 3.8) is 0 Å². The van der Waals surface area contributed by atoms with E-state index in [1.54, 1.807) is 13.0 Å². The lowest BCUT2D eigenvalue weighted by Crippen LogP contribution is -2.33. The lowest BCUT2D eigenvalue weighted by Gasteiger charge is -2.32. The van der Waals surface area contributed by atoms with Crippen LogP contribution in [0.5, 0.6) is 5.75 Å². The molecule has 0 radical (unpaired) electrons. The third-order valence-corrected chi connectivity index (χ3v) is 5.67. The predicted molar refractivity (Wildman–Crippen MR) is 109 cm³/mol. The van der Waals surface area contributed by atoms with E-state index in [1.807, 2.05) is 35.2 Å². The van der Waals surface area contributed by atoms with E-state index in [0.29, 0.717) is 36.8 Å². The smallest absolute Gasteiger partial charge is 0.340 e. The molecule has 0 amide bonds. The van der Waals surface area contributed by atoms with Crippen molar-refractivity contribution in [2.45, 2.75) is 32.7 Å². The van der Waals surface area contributed by atoms with Crippen LogP contribution in [0.3, 0.4) is 0 Å². The molecule has 1 aliphatic heterocycles. The second-order valence-electron chi connectivity index (χ2n) is 7.33. The molecule has 0 fully saturated rings. The molecule has 1 aromatic heterocycles. The minimum Gasteiger partial charge on any atom is -0.473 e. The number of carbonyl (C=O) groups excluding carboxylic acids is 1. The zero-order valence-electron chi connectivity index (χ0n) is 16.2. The summed E-state index contributed by atoms with van der Waals surface area (Å²) in [4.78, 5) is 26.8. The van der Waals surface area contributed by atoms with Gasteiger partial charge in [-0.15, -0.1) is 0 Å². The number of benzene rings is 2. The first-order valence-corrected chi connectivity index (χ1v) is 9.91. The van der Waals surface area contributed by atoms with Crippen molar-refractivity contribution in [2.75, 3.05) is 18.2 Å². The fraction of sp³-hybridized carbons (Fsp3) is 0.304. The molecule has 0 atom stereocenters. The summed E-state index contributed by atoms with van der Waals surface area (Å²) in [6.45, 7) is 2.87. The van der Waals surface area contributed by atoms with Gasteiger partial charge >= 0.3 is 11.6 Å². The maximum atomic E-state index is 12.5. The maximum absolute atomic E-state index is 12.5. The number of aryl methyl sites for hydroxylation is 1. The molecule has 0 unspecified atom stereocenters. The monoisotopic (exact) mass is 391 g/mol. The van der Waals surface area contributed by atoms with Gasteiger partial charge in [-0.3, -0.25) is 0 Å². The lowest BCUT2D eigenvalue weighted by atomic mass is 10.0. The van der Waals surface area contributed by atoms with Crippen LogP contribution in [0.4, 0.5) is 5.69 Å². The van der Waals surface area contributed by atoms with Crippen LogP contribution >= 0.6 is 0 Å². The molecule has 2 heterocycles. The molecule has 6 heteroatoms. The van der Waals surface area contributed by atoms with E-state index in [1.165, 1.54) is 0 Å². The van der Waals surface area contributed by atoms with Gasteiger partial charge in [0.05, 0.1) is 30.0 Å². The van der Waals surface area contributed by atoms with Crippen LogP contribution in [-0.2, 0) is 24.1 Å². The number of hydrogen-bond donors (Lipinski definition) is 0. The van der Waals surface area contributed by atoms with E-state index in [2.05, 4.69) is 0 Å². The second-order valence-corrected chi connectivity index (χ2v) is 7.33. The standard InChI is InChI=1S/C23H21NO5/c1-2-27-22(25)17-6-3-4-9-19(17)24-12-18-20(28-13-24)11-10-15-14-7-5-8-16(14)23(26)29-21(15)18/h3-4,6,9-11H,2,5,7-8,12-13H2,1H3. The summed E-state index contributed by atoms with van der Waals surface area (Å²) in [7, 11) is 0. The first-order chi connectivity index (χ1) is 14.2. The number of anilines is 1. The molecule has 1 aliphatic carbocycles. The van der Waals surface area contributed by atoms with Gasteiger partial charge in [0, 0.05) is 10.9 Å². The van der Waals surface area contributed by atoms with E-state index >= 15 is 0 Å². The first kappa shape index (κ1) is 17.8. The topological polar surface area (TPSA) is 69.0 Å². The normalized spacial score (nSPS) is 15.0. The van der Waals surface area contributed by atoms with Gasteiger partial charge in [-0.05, 0) is 56.0 Å². The van der Waals surface area contributed by atoms with Crippen molar-refractivity contribution in [2.24, 2.45) is 0 Å². The molecule has 29 heavy (non-hydrogen) atoms. The summed E-state index contributed by atoms with van der Waals surface area (Å²) in [6, 6.07) is 11.3. The van der Waals surface area contributed by atoms with Crippen molar-refractivity contribution in [3.05, 3.63) is 69.1 Å². The average molecular weight is 391 g/mol. The van der Waals surface area contributed by atoms with Crippen molar-refractivity contribution in [1.29, 1.82) is 0 Å². The predicted octanol–water partition coefficient (Wildman–Crippen LogP) is 3.81. The molecule has 0 N–H and O–H groups in total. The van der Waals surface area contributed by atoms with Crippen molar-refractivity contribution in [1.82, 2.24) is 0 Å². The molecule has 2 aromatic carbocycles. The van der Waals surface area contributed by atoms with Gasteiger partial charge < -0.3 is 18.8 Å². The lowest BCUT2D eigenvalue weighted by molar-refractivity contribution is 0.0527. The van der Waals surface area contributed by atoms with Crippen LogP contribution in [0.15, 0.2) is 45.6 Å². The van der Waals surface area contributed by atoms with Crippen LogP contribution in [0.25, 0.3) is 11.0 Å². The van der Waals surface area contributed by atoms with Crippen LogP contribution in [0.2, 0.25) is 0 Å². The Hall–Kier alpha value is -3.28. The number of esters is 1. The largest absolute Gasteiger partial charge is 0.473 e. The van der Waals surface area contributed by atoms with Gasteiger partial charge in [0.1, 0.15) is 11.3 Å². The highest BCUT2D eigenvalue weighted by Gasteiger charge is 2.27. The Balaban J connectivity index is 1.60. The Morgan fingerprint density at radius 1 is 1.10 bits per heavy atom. The zero-order chi connectivity index (χ0) is 20.0. The summed E-state index contributed by atoms with van der Waals surface area (Å²) in [5.41, 5.74) is 4.30. The zero-order valence-corrected chi connectivity index (χ0v) is 16.2. The minimum absolute atomic E-state index is 0.248. The summed E-state index contributed by atoms with van der Waals surface area (Å²) in [6.07, 6.45) is 2.65. The molecular weight excluding hydrogens is 370 g/mol. The number of nitrogens with zero attached hydrogens (tertiary/aromatic N) is 1. The van der Waals surface area contributed by atoms with Gasteiger partial charge in [-0.2, -0.15) is 0 Å². The Kier molecular flexibility index (Phi) is 4.27. The SMILES string of the molecule is CCOC(=O)c1ccccc1N1COc2ccc3c4c(c(=O)oc3c2C1)CCC4. The number of rotatable bonds is 3. The van der Waals surface area contributed by atoms with Gasteiger partial charge in [0.15, 0.2) is 6.73 Å². The Morgan fingerprint density at radius 3 is 2.79 bits per heavy atom.